The normalized spacial score (nSPS) is 26.1. The summed E-state index contributed by atoms with van der Waals surface area (Å²) in [5.74, 6) is 0.943. The molecule has 1 aliphatic carbocycles. The number of rotatable bonds is 5. The van der Waals surface area contributed by atoms with Crippen molar-refractivity contribution < 1.29 is 0 Å². The maximum Gasteiger partial charge on any atom is 0.00746 e. The molecular formula is C15H23N. The van der Waals surface area contributed by atoms with E-state index >= 15 is 0 Å². The molecule has 16 heavy (non-hydrogen) atoms. The van der Waals surface area contributed by atoms with Gasteiger partial charge in [0.25, 0.3) is 0 Å². The molecule has 0 amide bonds. The Morgan fingerprint density at radius 2 is 1.94 bits per heavy atom. The largest absolute Gasteiger partial charge is 0.311 e. The first-order valence-electron chi connectivity index (χ1n) is 6.54. The number of nitrogens with one attached hydrogen (secondary N) is 1. The van der Waals surface area contributed by atoms with Gasteiger partial charge in [-0.3, -0.25) is 0 Å². The van der Waals surface area contributed by atoms with Crippen LogP contribution in [0.25, 0.3) is 0 Å². The molecule has 1 aromatic rings. The van der Waals surface area contributed by atoms with E-state index in [-0.39, 0.29) is 0 Å². The van der Waals surface area contributed by atoms with Crippen LogP contribution in [0.15, 0.2) is 30.3 Å². The highest BCUT2D eigenvalue weighted by Crippen LogP contribution is 2.26. The minimum atomic E-state index is 0.651. The molecule has 0 aromatic heterocycles. The minimum absolute atomic E-state index is 0.651. The molecule has 1 aliphatic rings. The fourth-order valence-corrected chi connectivity index (χ4v) is 2.55. The lowest BCUT2D eigenvalue weighted by atomic mass is 9.81. The van der Waals surface area contributed by atoms with Crippen molar-refractivity contribution in [3.63, 3.8) is 0 Å². The van der Waals surface area contributed by atoms with E-state index in [1.54, 1.807) is 0 Å². The maximum atomic E-state index is 3.72. The molecule has 0 bridgehead atoms. The molecule has 0 aliphatic heterocycles. The highest BCUT2D eigenvalue weighted by Gasteiger charge is 2.25. The summed E-state index contributed by atoms with van der Waals surface area (Å²) in [5, 5.41) is 3.72. The summed E-state index contributed by atoms with van der Waals surface area (Å²) >= 11 is 0. The van der Waals surface area contributed by atoms with Crippen LogP contribution in [0.1, 0.15) is 38.7 Å². The zero-order chi connectivity index (χ0) is 11.4. The zero-order valence-electron chi connectivity index (χ0n) is 10.4. The molecule has 1 heteroatoms. The number of hydrogen-bond acceptors (Lipinski definition) is 1. The van der Waals surface area contributed by atoms with Crippen molar-refractivity contribution in [3.8, 4) is 0 Å². The fraction of sp³-hybridized carbons (Fsp3) is 0.600. The molecule has 88 valence electrons. The van der Waals surface area contributed by atoms with Gasteiger partial charge < -0.3 is 5.32 Å². The van der Waals surface area contributed by atoms with E-state index in [9.17, 15) is 0 Å². The van der Waals surface area contributed by atoms with Crippen LogP contribution in [0.5, 0.6) is 0 Å². The summed E-state index contributed by atoms with van der Waals surface area (Å²) in [7, 11) is 0. The maximum absolute atomic E-state index is 3.72. The summed E-state index contributed by atoms with van der Waals surface area (Å²) < 4.78 is 0. The van der Waals surface area contributed by atoms with Crippen LogP contribution >= 0.6 is 0 Å². The Hall–Kier alpha value is -0.820. The highest BCUT2D eigenvalue weighted by molar-refractivity contribution is 5.14. The van der Waals surface area contributed by atoms with E-state index in [0.717, 1.165) is 12.0 Å². The van der Waals surface area contributed by atoms with Gasteiger partial charge in [-0.05, 0) is 44.1 Å². The Morgan fingerprint density at radius 1 is 1.25 bits per heavy atom. The van der Waals surface area contributed by atoms with Crippen molar-refractivity contribution in [1.29, 1.82) is 0 Å². The van der Waals surface area contributed by atoms with Crippen LogP contribution in [-0.4, -0.2) is 12.1 Å². The Labute approximate surface area is 99.3 Å². The van der Waals surface area contributed by atoms with E-state index in [1.165, 1.54) is 31.2 Å². The summed E-state index contributed by atoms with van der Waals surface area (Å²) in [6.45, 7) is 4.65. The highest BCUT2D eigenvalue weighted by atomic mass is 15.0. The van der Waals surface area contributed by atoms with Gasteiger partial charge in [0.1, 0.15) is 0 Å². The third kappa shape index (κ3) is 3.34. The molecular weight excluding hydrogens is 194 g/mol. The van der Waals surface area contributed by atoms with Crippen LogP contribution in [-0.2, 0) is 6.42 Å². The summed E-state index contributed by atoms with van der Waals surface area (Å²) in [6.07, 6.45) is 5.18. The van der Waals surface area contributed by atoms with Gasteiger partial charge in [-0.2, -0.15) is 0 Å². The molecule has 0 radical (unpaired) electrons. The van der Waals surface area contributed by atoms with Gasteiger partial charge in [0.15, 0.2) is 0 Å². The van der Waals surface area contributed by atoms with Crippen molar-refractivity contribution in [2.24, 2.45) is 5.92 Å². The van der Waals surface area contributed by atoms with Gasteiger partial charge in [-0.25, -0.2) is 0 Å². The predicted molar refractivity (Wildman–Crippen MR) is 69.5 cm³/mol. The molecule has 0 saturated heterocycles. The second-order valence-corrected chi connectivity index (χ2v) is 5.37. The number of hydrogen-bond donors (Lipinski definition) is 1. The lowest BCUT2D eigenvalue weighted by Gasteiger charge is -2.35. The van der Waals surface area contributed by atoms with E-state index in [4.69, 9.17) is 0 Å². The van der Waals surface area contributed by atoms with Gasteiger partial charge in [-0.15, -0.1) is 0 Å². The Kier molecular flexibility index (Phi) is 4.00. The zero-order valence-corrected chi connectivity index (χ0v) is 10.4. The smallest absolute Gasteiger partial charge is 0.00746 e. The Morgan fingerprint density at radius 3 is 2.56 bits per heavy atom. The first-order chi connectivity index (χ1) is 7.74. The molecule has 1 saturated carbocycles. The van der Waals surface area contributed by atoms with Crippen molar-refractivity contribution >= 4 is 0 Å². The minimum Gasteiger partial charge on any atom is -0.311 e. The molecule has 1 nitrogen and oxygen atoms in total. The van der Waals surface area contributed by atoms with E-state index in [0.29, 0.717) is 6.04 Å². The molecule has 0 heterocycles. The second kappa shape index (κ2) is 5.49. The molecule has 0 spiro atoms. The SMILES string of the molecule is CC1CC(NC(C)CCc2ccccc2)C1. The molecule has 1 fully saturated rings. The average Bonchev–Trinajstić information content (AvgIpc) is 2.26. The topological polar surface area (TPSA) is 12.0 Å². The van der Waals surface area contributed by atoms with Crippen molar-refractivity contribution in [2.75, 3.05) is 0 Å². The van der Waals surface area contributed by atoms with Crippen LogP contribution < -0.4 is 5.32 Å². The summed E-state index contributed by atoms with van der Waals surface area (Å²) in [5.41, 5.74) is 1.46. The van der Waals surface area contributed by atoms with Gasteiger partial charge in [-0.1, -0.05) is 37.3 Å². The Balaban J connectivity index is 1.66. The molecule has 2 rings (SSSR count). The van der Waals surface area contributed by atoms with E-state index in [2.05, 4.69) is 49.5 Å². The van der Waals surface area contributed by atoms with Crippen LogP contribution in [0.3, 0.4) is 0 Å². The Bertz CT molecular complexity index is 300. The van der Waals surface area contributed by atoms with Crippen molar-refractivity contribution in [3.05, 3.63) is 35.9 Å². The summed E-state index contributed by atoms with van der Waals surface area (Å²) in [6, 6.07) is 12.2. The lowest BCUT2D eigenvalue weighted by molar-refractivity contribution is 0.223. The predicted octanol–water partition coefficient (Wildman–Crippen LogP) is 3.40. The van der Waals surface area contributed by atoms with Crippen molar-refractivity contribution in [2.45, 2.75) is 51.6 Å². The van der Waals surface area contributed by atoms with E-state index < -0.39 is 0 Å². The third-order valence-corrected chi connectivity index (χ3v) is 3.60. The molecule has 1 N–H and O–H groups in total. The number of benzene rings is 1. The monoisotopic (exact) mass is 217 g/mol. The quantitative estimate of drug-likeness (QED) is 0.797. The number of aryl methyl sites for hydroxylation is 1. The van der Waals surface area contributed by atoms with Crippen LogP contribution in [0, 0.1) is 5.92 Å². The van der Waals surface area contributed by atoms with Crippen LogP contribution in [0.2, 0.25) is 0 Å². The van der Waals surface area contributed by atoms with Gasteiger partial charge in [0, 0.05) is 12.1 Å². The second-order valence-electron chi connectivity index (χ2n) is 5.37. The van der Waals surface area contributed by atoms with Gasteiger partial charge in [0.2, 0.25) is 0 Å². The first kappa shape index (κ1) is 11.7. The fourth-order valence-electron chi connectivity index (χ4n) is 2.55. The first-order valence-corrected chi connectivity index (χ1v) is 6.54. The third-order valence-electron chi connectivity index (χ3n) is 3.60. The molecule has 1 atom stereocenters. The van der Waals surface area contributed by atoms with E-state index in [1.807, 2.05) is 0 Å². The average molecular weight is 217 g/mol. The lowest BCUT2D eigenvalue weighted by Crippen LogP contribution is -2.44. The van der Waals surface area contributed by atoms with Gasteiger partial charge >= 0.3 is 0 Å². The summed E-state index contributed by atoms with van der Waals surface area (Å²) in [4.78, 5) is 0. The molecule has 1 unspecified atom stereocenters. The van der Waals surface area contributed by atoms with Gasteiger partial charge in [0.05, 0.1) is 0 Å². The van der Waals surface area contributed by atoms with Crippen molar-refractivity contribution in [1.82, 2.24) is 5.32 Å². The standard InChI is InChI=1S/C15H23N/c1-12-10-15(11-12)16-13(2)8-9-14-6-4-3-5-7-14/h3-7,12-13,15-16H,8-11H2,1-2H3. The molecule has 1 aromatic carbocycles. The van der Waals surface area contributed by atoms with Crippen LogP contribution in [0.4, 0.5) is 0 Å².